The molecule has 32 heavy (non-hydrogen) atoms. The Labute approximate surface area is 205 Å². The first-order valence-corrected chi connectivity index (χ1v) is 12.2. The number of carbonyl (C=O) groups excluding carboxylic acids is 1. The lowest BCUT2D eigenvalue weighted by Crippen LogP contribution is -2.41. The van der Waals surface area contributed by atoms with Crippen LogP contribution in [0.1, 0.15) is 12.8 Å². The molecule has 1 atom stereocenters. The minimum Gasteiger partial charge on any atom is -0.504 e. The Kier molecular flexibility index (Phi) is 7.74. The Balaban J connectivity index is 1.91. The van der Waals surface area contributed by atoms with Gasteiger partial charge in [-0.25, -0.2) is 8.42 Å². The molecule has 0 unspecified atom stereocenters. The number of carbonyl (C=O) groups is 1. The highest BCUT2D eigenvalue weighted by Gasteiger charge is 2.42. The molecule has 0 saturated carbocycles. The summed E-state index contributed by atoms with van der Waals surface area (Å²) in [7, 11) is -3.14. The third-order valence-electron chi connectivity index (χ3n) is 4.78. The maximum Gasteiger partial charge on any atom is 0.324 e. The fraction of sp³-hybridized carbons (Fsp3) is 0.263. The van der Waals surface area contributed by atoms with Crippen molar-refractivity contribution < 1.29 is 23.1 Å². The number of sulfonamides is 1. The lowest BCUT2D eigenvalue weighted by molar-refractivity contribution is -0.144. The average Bonchev–Trinajstić information content (AvgIpc) is 3.24. The number of ether oxygens (including phenoxy) is 1. The molecule has 2 aromatic rings. The van der Waals surface area contributed by atoms with Crippen LogP contribution in [0.3, 0.4) is 0 Å². The number of benzene rings is 2. The summed E-state index contributed by atoms with van der Waals surface area (Å²) >= 11 is 23.5. The Hall–Kier alpha value is -1.82. The summed E-state index contributed by atoms with van der Waals surface area (Å²) in [5.74, 6) is -1.32. The normalized spacial score (nSPS) is 16.6. The van der Waals surface area contributed by atoms with Gasteiger partial charge in [-0.05, 0) is 49.3 Å². The van der Waals surface area contributed by atoms with Gasteiger partial charge in [-0.1, -0.05) is 40.9 Å². The number of anilines is 2. The van der Waals surface area contributed by atoms with E-state index in [2.05, 4.69) is 10.6 Å². The van der Waals surface area contributed by atoms with Gasteiger partial charge in [-0.3, -0.25) is 4.79 Å². The number of rotatable bonds is 5. The van der Waals surface area contributed by atoms with Crippen molar-refractivity contribution in [2.75, 3.05) is 24.3 Å². The third kappa shape index (κ3) is 4.90. The first kappa shape index (κ1) is 24.8. The maximum absolute atomic E-state index is 13.3. The van der Waals surface area contributed by atoms with E-state index in [0.29, 0.717) is 23.6 Å². The number of esters is 1. The van der Waals surface area contributed by atoms with Crippen LogP contribution in [0, 0.1) is 0 Å². The number of thiocarbonyl (C=S) groups is 1. The van der Waals surface area contributed by atoms with E-state index in [1.165, 1.54) is 19.2 Å². The number of nitrogens with one attached hydrogen (secondary N) is 2. The largest absolute Gasteiger partial charge is 0.504 e. The van der Waals surface area contributed by atoms with Gasteiger partial charge in [0.1, 0.15) is 10.9 Å². The van der Waals surface area contributed by atoms with E-state index >= 15 is 0 Å². The number of hydrogen-bond donors (Lipinski definition) is 3. The number of methoxy groups -OCH3 is 1. The number of hydrogen-bond acceptors (Lipinski definition) is 6. The molecule has 0 radical (unpaired) electrons. The summed E-state index contributed by atoms with van der Waals surface area (Å²) in [5, 5.41) is 16.7. The summed E-state index contributed by atoms with van der Waals surface area (Å²) in [6.07, 6.45) is 0.764. The van der Waals surface area contributed by atoms with Crippen molar-refractivity contribution in [3.05, 3.63) is 45.4 Å². The lowest BCUT2D eigenvalue weighted by Gasteiger charge is -2.24. The van der Waals surface area contributed by atoms with Gasteiger partial charge in [0.05, 0.1) is 33.6 Å². The summed E-state index contributed by atoms with van der Waals surface area (Å²) in [4.78, 5) is 11.5. The van der Waals surface area contributed by atoms with Crippen molar-refractivity contribution in [1.82, 2.24) is 4.31 Å². The van der Waals surface area contributed by atoms with Crippen molar-refractivity contribution in [2.24, 2.45) is 0 Å². The van der Waals surface area contributed by atoms with Gasteiger partial charge in [0.15, 0.2) is 10.9 Å². The van der Waals surface area contributed by atoms with Crippen molar-refractivity contribution in [2.45, 2.75) is 23.8 Å². The number of aromatic hydroxyl groups is 1. The second-order valence-electron chi connectivity index (χ2n) is 6.75. The first-order valence-electron chi connectivity index (χ1n) is 9.21. The molecule has 3 rings (SSSR count). The van der Waals surface area contributed by atoms with Crippen LogP contribution in [-0.2, 0) is 19.6 Å². The summed E-state index contributed by atoms with van der Waals surface area (Å²) < 4.78 is 32.3. The van der Waals surface area contributed by atoms with Crippen molar-refractivity contribution in [1.29, 1.82) is 0 Å². The highest BCUT2D eigenvalue weighted by Crippen LogP contribution is 2.40. The van der Waals surface area contributed by atoms with E-state index in [1.807, 2.05) is 0 Å². The standard InChI is InChI=1S/C19H18Cl3N3O5S2/c1-30-18(27)14-6-3-9-25(14)32(28,29)17-11(21)7-8-13(16(17)26)24-19(31)23-12-5-2-4-10(20)15(12)22/h2,4-5,7-8,14,26H,3,6,9H2,1H3,(H2,23,24,31)/t14-/m0/s1. The molecule has 1 heterocycles. The zero-order valence-electron chi connectivity index (χ0n) is 16.6. The molecule has 1 aliphatic rings. The van der Waals surface area contributed by atoms with E-state index in [-0.39, 0.29) is 27.4 Å². The molecule has 0 amide bonds. The minimum atomic E-state index is -4.33. The van der Waals surface area contributed by atoms with Crippen LogP contribution >= 0.6 is 47.0 Å². The molecule has 8 nitrogen and oxygen atoms in total. The van der Waals surface area contributed by atoms with Crippen LogP contribution in [0.4, 0.5) is 11.4 Å². The summed E-state index contributed by atoms with van der Waals surface area (Å²) in [5.41, 5.74) is 0.397. The van der Waals surface area contributed by atoms with Gasteiger partial charge in [-0.2, -0.15) is 4.31 Å². The average molecular weight is 539 g/mol. The zero-order valence-corrected chi connectivity index (χ0v) is 20.5. The summed E-state index contributed by atoms with van der Waals surface area (Å²) in [6.45, 7) is 0.0861. The molecular formula is C19H18Cl3N3O5S2. The van der Waals surface area contributed by atoms with Gasteiger partial charge >= 0.3 is 5.97 Å². The Morgan fingerprint density at radius 1 is 1.16 bits per heavy atom. The molecule has 0 spiro atoms. The molecule has 13 heteroatoms. The van der Waals surface area contributed by atoms with Crippen molar-refractivity contribution in [3.63, 3.8) is 0 Å². The Morgan fingerprint density at radius 2 is 1.84 bits per heavy atom. The van der Waals surface area contributed by atoms with E-state index in [4.69, 9.17) is 51.8 Å². The monoisotopic (exact) mass is 537 g/mol. The number of halogens is 3. The fourth-order valence-electron chi connectivity index (χ4n) is 3.29. The predicted octanol–water partition coefficient (Wildman–Crippen LogP) is 4.49. The second kappa shape index (κ2) is 9.98. The molecule has 0 aromatic heterocycles. The Bertz CT molecular complexity index is 1180. The van der Waals surface area contributed by atoms with Crippen LogP contribution in [0.25, 0.3) is 0 Å². The van der Waals surface area contributed by atoms with Crippen LogP contribution in [0.5, 0.6) is 5.75 Å². The zero-order chi connectivity index (χ0) is 23.6. The highest BCUT2D eigenvalue weighted by atomic mass is 35.5. The predicted molar refractivity (Wildman–Crippen MR) is 128 cm³/mol. The van der Waals surface area contributed by atoms with Crippen molar-refractivity contribution >= 4 is 79.5 Å². The van der Waals surface area contributed by atoms with Gasteiger partial charge in [-0.15, -0.1) is 0 Å². The van der Waals surface area contributed by atoms with E-state index in [9.17, 15) is 18.3 Å². The highest BCUT2D eigenvalue weighted by molar-refractivity contribution is 7.89. The molecular weight excluding hydrogens is 521 g/mol. The van der Waals surface area contributed by atoms with Crippen molar-refractivity contribution in [3.8, 4) is 5.75 Å². The van der Waals surface area contributed by atoms with E-state index in [0.717, 1.165) is 4.31 Å². The van der Waals surface area contributed by atoms with Crippen LogP contribution in [0.15, 0.2) is 35.2 Å². The lowest BCUT2D eigenvalue weighted by atomic mass is 10.2. The molecule has 1 fully saturated rings. The van der Waals surface area contributed by atoms with Crippen LogP contribution in [0.2, 0.25) is 15.1 Å². The number of phenolic OH excluding ortho intramolecular Hbond substituents is 1. The van der Waals surface area contributed by atoms with Crippen LogP contribution in [-0.4, -0.2) is 48.6 Å². The van der Waals surface area contributed by atoms with E-state index < -0.39 is 32.7 Å². The van der Waals surface area contributed by atoms with Gasteiger partial charge in [0, 0.05) is 6.54 Å². The van der Waals surface area contributed by atoms with Gasteiger partial charge in [0.2, 0.25) is 10.0 Å². The molecule has 0 bridgehead atoms. The Morgan fingerprint density at radius 3 is 2.53 bits per heavy atom. The molecule has 0 aliphatic carbocycles. The molecule has 3 N–H and O–H groups in total. The van der Waals surface area contributed by atoms with E-state index in [1.54, 1.807) is 18.2 Å². The topological polar surface area (TPSA) is 108 Å². The maximum atomic E-state index is 13.3. The molecule has 1 saturated heterocycles. The first-order chi connectivity index (χ1) is 15.1. The van der Waals surface area contributed by atoms with Gasteiger partial charge in [0.25, 0.3) is 0 Å². The number of phenols is 1. The quantitative estimate of drug-likeness (QED) is 0.290. The van der Waals surface area contributed by atoms with Gasteiger partial charge < -0.3 is 20.5 Å². The molecule has 2 aromatic carbocycles. The van der Waals surface area contributed by atoms with Crippen LogP contribution < -0.4 is 10.6 Å². The fourth-order valence-corrected chi connectivity index (χ4v) is 6.10. The summed E-state index contributed by atoms with van der Waals surface area (Å²) in [6, 6.07) is 6.58. The second-order valence-corrected chi connectivity index (χ2v) is 10.2. The minimum absolute atomic E-state index is 0.0163. The SMILES string of the molecule is COC(=O)[C@@H]1CCCN1S(=O)(=O)c1c(Cl)ccc(NC(=S)Nc2cccc(Cl)c2Cl)c1O. The molecule has 1 aliphatic heterocycles. The third-order valence-corrected chi connectivity index (χ3v) is 8.21. The smallest absolute Gasteiger partial charge is 0.324 e. The molecule has 172 valence electrons. The number of nitrogens with zero attached hydrogens (tertiary/aromatic N) is 1.